The van der Waals surface area contributed by atoms with Gasteiger partial charge in [0.25, 0.3) is 0 Å². The van der Waals surface area contributed by atoms with Crippen LogP contribution in [0.1, 0.15) is 11.5 Å². The summed E-state index contributed by atoms with van der Waals surface area (Å²) in [6, 6.07) is 26.2. The molecule has 4 heteroatoms. The molecular weight excluding hydrogens is 382 g/mol. The van der Waals surface area contributed by atoms with E-state index in [0.29, 0.717) is 17.5 Å². The predicted molar refractivity (Wildman–Crippen MR) is 122 cm³/mol. The van der Waals surface area contributed by atoms with Crippen LogP contribution in [-0.2, 0) is 0 Å². The molecule has 2 aliphatic rings. The lowest BCUT2D eigenvalue weighted by Gasteiger charge is -2.16. The molecular formula is C27H19N3O. The molecule has 3 aromatic carbocycles. The van der Waals surface area contributed by atoms with E-state index in [0.717, 1.165) is 28.0 Å². The average Bonchev–Trinajstić information content (AvgIpc) is 3.24. The van der Waals surface area contributed by atoms with Gasteiger partial charge >= 0.3 is 0 Å². The summed E-state index contributed by atoms with van der Waals surface area (Å²) in [5.41, 5.74) is 4.05. The maximum Gasteiger partial charge on any atom is 0.164 e. The third kappa shape index (κ3) is 3.13. The first-order chi connectivity index (χ1) is 15.4. The summed E-state index contributed by atoms with van der Waals surface area (Å²) in [6.07, 6.45) is 8.43. The third-order valence-electron chi connectivity index (χ3n) is 5.69. The Hall–Kier alpha value is -4.05. The minimum atomic E-state index is 0.0187. The van der Waals surface area contributed by atoms with Crippen LogP contribution in [-0.4, -0.2) is 21.1 Å². The largest absolute Gasteiger partial charge is 0.485 e. The molecule has 148 valence electrons. The Labute approximate surface area is 180 Å². The normalized spacial score (nSPS) is 18.3. The highest BCUT2D eigenvalue weighted by Gasteiger charge is 2.35. The molecule has 2 unspecified atom stereocenters. The molecule has 1 aliphatic carbocycles. The smallest absolute Gasteiger partial charge is 0.164 e. The van der Waals surface area contributed by atoms with Crippen LogP contribution in [0.3, 0.4) is 0 Å². The minimum absolute atomic E-state index is 0.0187. The summed E-state index contributed by atoms with van der Waals surface area (Å²) >= 11 is 0. The number of ether oxygens (including phenoxy) is 1. The monoisotopic (exact) mass is 401 g/mol. The van der Waals surface area contributed by atoms with Crippen molar-refractivity contribution in [1.29, 1.82) is 0 Å². The van der Waals surface area contributed by atoms with E-state index in [1.54, 1.807) is 0 Å². The van der Waals surface area contributed by atoms with Crippen molar-refractivity contribution in [2.75, 3.05) is 0 Å². The lowest BCUT2D eigenvalue weighted by Crippen LogP contribution is -2.16. The molecule has 0 radical (unpaired) electrons. The van der Waals surface area contributed by atoms with Gasteiger partial charge in [-0.25, -0.2) is 15.0 Å². The van der Waals surface area contributed by atoms with Gasteiger partial charge in [-0.2, -0.15) is 0 Å². The van der Waals surface area contributed by atoms with E-state index in [1.807, 2.05) is 78.9 Å². The Kier molecular flexibility index (Phi) is 4.20. The van der Waals surface area contributed by atoms with Gasteiger partial charge in [0.15, 0.2) is 17.5 Å². The number of allylic oxidation sites excluding steroid dienone is 2. The molecule has 1 aromatic heterocycles. The average molecular weight is 401 g/mol. The predicted octanol–water partition coefficient (Wildman–Crippen LogP) is 5.84. The van der Waals surface area contributed by atoms with Crippen molar-refractivity contribution < 1.29 is 4.74 Å². The number of nitrogens with zero attached hydrogens (tertiary/aromatic N) is 3. The number of hydrogen-bond acceptors (Lipinski definition) is 4. The Bertz CT molecular complexity index is 1260. The van der Waals surface area contributed by atoms with Gasteiger partial charge in [-0.1, -0.05) is 91.0 Å². The second-order valence-electron chi connectivity index (χ2n) is 7.63. The standard InChI is InChI=1S/C27H19N3O/c1-3-10-18(11-4-1)25-28-26(19-12-5-2-6-13-19)30-27(29-25)21-15-9-17-23-24(21)20-14-7-8-16-22(20)31-23/h1-17,20,22H. The lowest BCUT2D eigenvalue weighted by atomic mass is 9.88. The summed E-state index contributed by atoms with van der Waals surface area (Å²) in [6.45, 7) is 0. The van der Waals surface area contributed by atoms with E-state index in [9.17, 15) is 0 Å². The van der Waals surface area contributed by atoms with Crippen molar-refractivity contribution in [1.82, 2.24) is 15.0 Å². The molecule has 0 saturated carbocycles. The van der Waals surface area contributed by atoms with Gasteiger partial charge < -0.3 is 4.74 Å². The molecule has 6 rings (SSSR count). The van der Waals surface area contributed by atoms with Gasteiger partial charge in [0.05, 0.1) is 0 Å². The van der Waals surface area contributed by atoms with Gasteiger partial charge in [0, 0.05) is 28.2 Å². The van der Waals surface area contributed by atoms with Crippen LogP contribution in [0.5, 0.6) is 5.75 Å². The SMILES string of the molecule is C1=CC2Oc3cccc(-c4nc(-c5ccccc5)nc(-c5ccccc5)n4)c3C2C=C1. The number of fused-ring (bicyclic) bond motifs is 3. The van der Waals surface area contributed by atoms with Gasteiger partial charge in [-0.05, 0) is 12.1 Å². The van der Waals surface area contributed by atoms with E-state index >= 15 is 0 Å². The number of hydrogen-bond donors (Lipinski definition) is 0. The van der Waals surface area contributed by atoms with Crippen molar-refractivity contribution in [3.63, 3.8) is 0 Å². The molecule has 31 heavy (non-hydrogen) atoms. The molecule has 0 saturated heterocycles. The summed E-state index contributed by atoms with van der Waals surface area (Å²) in [7, 11) is 0. The molecule has 0 fully saturated rings. The zero-order chi connectivity index (χ0) is 20.6. The summed E-state index contributed by atoms with van der Waals surface area (Å²) < 4.78 is 6.19. The van der Waals surface area contributed by atoms with Crippen LogP contribution in [0.2, 0.25) is 0 Å². The minimum Gasteiger partial charge on any atom is -0.485 e. The molecule has 0 N–H and O–H groups in total. The molecule has 2 atom stereocenters. The van der Waals surface area contributed by atoms with Crippen molar-refractivity contribution in [3.8, 4) is 39.9 Å². The van der Waals surface area contributed by atoms with Gasteiger partial charge in [0.2, 0.25) is 0 Å². The highest BCUT2D eigenvalue weighted by molar-refractivity contribution is 5.72. The first-order valence-corrected chi connectivity index (χ1v) is 10.4. The zero-order valence-electron chi connectivity index (χ0n) is 16.7. The van der Waals surface area contributed by atoms with E-state index in [1.165, 1.54) is 0 Å². The second-order valence-corrected chi connectivity index (χ2v) is 7.63. The maximum absolute atomic E-state index is 6.19. The summed E-state index contributed by atoms with van der Waals surface area (Å²) in [5, 5.41) is 0. The molecule has 4 aromatic rings. The van der Waals surface area contributed by atoms with Crippen molar-refractivity contribution >= 4 is 0 Å². The molecule has 2 heterocycles. The molecule has 0 amide bonds. The van der Waals surface area contributed by atoms with Gasteiger partial charge in [-0.3, -0.25) is 0 Å². The molecule has 0 bridgehead atoms. The Balaban J connectivity index is 1.56. The molecule has 4 nitrogen and oxygen atoms in total. The van der Waals surface area contributed by atoms with Crippen LogP contribution >= 0.6 is 0 Å². The second kappa shape index (κ2) is 7.33. The van der Waals surface area contributed by atoms with Gasteiger partial charge in [-0.15, -0.1) is 0 Å². The van der Waals surface area contributed by atoms with E-state index in [-0.39, 0.29) is 12.0 Å². The fraction of sp³-hybridized carbons (Fsp3) is 0.0741. The van der Waals surface area contributed by atoms with E-state index in [4.69, 9.17) is 19.7 Å². The quantitative estimate of drug-likeness (QED) is 0.432. The number of aromatic nitrogens is 3. The van der Waals surface area contributed by atoms with E-state index < -0.39 is 0 Å². The first kappa shape index (κ1) is 17.8. The van der Waals surface area contributed by atoms with Crippen molar-refractivity contribution in [2.24, 2.45) is 0 Å². The van der Waals surface area contributed by atoms with Gasteiger partial charge in [0.1, 0.15) is 11.9 Å². The van der Waals surface area contributed by atoms with Crippen LogP contribution in [0, 0.1) is 0 Å². The first-order valence-electron chi connectivity index (χ1n) is 10.4. The van der Waals surface area contributed by atoms with E-state index in [2.05, 4.69) is 24.3 Å². The highest BCUT2D eigenvalue weighted by atomic mass is 16.5. The zero-order valence-corrected chi connectivity index (χ0v) is 16.7. The summed E-state index contributed by atoms with van der Waals surface area (Å²) in [4.78, 5) is 14.6. The Morgan fingerprint density at radius 1 is 0.581 bits per heavy atom. The van der Waals surface area contributed by atoms with Crippen molar-refractivity contribution in [3.05, 3.63) is 109 Å². The topological polar surface area (TPSA) is 47.9 Å². The Morgan fingerprint density at radius 3 is 1.87 bits per heavy atom. The van der Waals surface area contributed by atoms with Crippen LogP contribution in [0.4, 0.5) is 0 Å². The number of rotatable bonds is 3. The third-order valence-corrected chi connectivity index (χ3v) is 5.69. The maximum atomic E-state index is 6.19. The highest BCUT2D eigenvalue weighted by Crippen LogP contribution is 2.45. The Morgan fingerprint density at radius 2 is 1.19 bits per heavy atom. The van der Waals surface area contributed by atoms with Crippen LogP contribution < -0.4 is 4.74 Å². The fourth-order valence-electron chi connectivity index (χ4n) is 4.22. The van der Waals surface area contributed by atoms with Crippen molar-refractivity contribution in [2.45, 2.75) is 12.0 Å². The van der Waals surface area contributed by atoms with Crippen LogP contribution in [0.25, 0.3) is 34.2 Å². The molecule has 0 spiro atoms. The lowest BCUT2D eigenvalue weighted by molar-refractivity contribution is 0.269. The van der Waals surface area contributed by atoms with Crippen LogP contribution in [0.15, 0.2) is 103 Å². The summed E-state index contributed by atoms with van der Waals surface area (Å²) in [5.74, 6) is 3.05. The number of benzene rings is 3. The fourth-order valence-corrected chi connectivity index (χ4v) is 4.22. The molecule has 1 aliphatic heterocycles.